The van der Waals surface area contributed by atoms with Gasteiger partial charge in [0.2, 0.25) is 0 Å². The van der Waals surface area contributed by atoms with E-state index in [0.29, 0.717) is 0 Å². The van der Waals surface area contributed by atoms with Crippen LogP contribution in [0.4, 0.5) is 5.82 Å². The summed E-state index contributed by atoms with van der Waals surface area (Å²) in [4.78, 5) is 2.51. The van der Waals surface area contributed by atoms with Crippen molar-refractivity contribution >= 4 is 5.82 Å². The number of hydrogen-bond acceptors (Lipinski definition) is 3. The minimum Gasteiger partial charge on any atom is -0.356 e. The number of aryl methyl sites for hydroxylation is 2. The molecule has 2 aliphatic rings. The maximum atomic E-state index is 4.61. The summed E-state index contributed by atoms with van der Waals surface area (Å²) in [6.45, 7) is 7.80. The van der Waals surface area contributed by atoms with Crippen LogP contribution in [-0.4, -0.2) is 28.9 Å². The Morgan fingerprint density at radius 2 is 2.11 bits per heavy atom. The van der Waals surface area contributed by atoms with E-state index in [4.69, 9.17) is 0 Å². The lowest BCUT2D eigenvalue weighted by Gasteiger charge is -2.20. The first-order valence-corrected chi connectivity index (χ1v) is 7.16. The van der Waals surface area contributed by atoms with E-state index in [1.54, 1.807) is 0 Å². The van der Waals surface area contributed by atoms with Gasteiger partial charge in [0, 0.05) is 38.3 Å². The quantitative estimate of drug-likeness (QED) is 0.882. The van der Waals surface area contributed by atoms with Gasteiger partial charge in [0.15, 0.2) is 0 Å². The van der Waals surface area contributed by atoms with Gasteiger partial charge in [-0.3, -0.25) is 4.68 Å². The second kappa shape index (κ2) is 4.57. The van der Waals surface area contributed by atoms with Gasteiger partial charge in [0.25, 0.3) is 0 Å². The van der Waals surface area contributed by atoms with E-state index >= 15 is 0 Å². The number of anilines is 1. The minimum absolute atomic E-state index is 0.759. The summed E-state index contributed by atoms with van der Waals surface area (Å²) in [5.74, 6) is 2.15. The highest BCUT2D eigenvalue weighted by Gasteiger charge is 2.27. The predicted octanol–water partition coefficient (Wildman–Crippen LogP) is 1.83. The molecular weight excluding hydrogens is 224 g/mol. The highest BCUT2D eigenvalue weighted by molar-refractivity contribution is 5.51. The molecule has 2 fully saturated rings. The third kappa shape index (κ3) is 2.26. The van der Waals surface area contributed by atoms with Crippen LogP contribution in [0.5, 0.6) is 0 Å². The largest absolute Gasteiger partial charge is 0.356 e. The van der Waals surface area contributed by atoms with Crippen molar-refractivity contribution in [2.24, 2.45) is 13.0 Å². The van der Waals surface area contributed by atoms with Gasteiger partial charge in [-0.2, -0.15) is 5.10 Å². The van der Waals surface area contributed by atoms with Crippen LogP contribution in [0.15, 0.2) is 0 Å². The number of aromatic nitrogens is 2. The highest BCUT2D eigenvalue weighted by Crippen LogP contribution is 2.29. The van der Waals surface area contributed by atoms with Gasteiger partial charge >= 0.3 is 0 Å². The Hall–Kier alpha value is -1.03. The van der Waals surface area contributed by atoms with E-state index < -0.39 is 0 Å². The molecule has 0 bridgehead atoms. The van der Waals surface area contributed by atoms with Gasteiger partial charge in [-0.25, -0.2) is 0 Å². The molecule has 18 heavy (non-hydrogen) atoms. The van der Waals surface area contributed by atoms with Crippen LogP contribution in [0, 0.1) is 12.8 Å². The topological polar surface area (TPSA) is 33.1 Å². The summed E-state index contributed by atoms with van der Waals surface area (Å²) in [7, 11) is 2.08. The van der Waals surface area contributed by atoms with Crippen molar-refractivity contribution in [2.75, 3.05) is 18.0 Å². The normalized spacial score (nSPS) is 23.9. The minimum atomic E-state index is 0.759. The van der Waals surface area contributed by atoms with Gasteiger partial charge in [-0.15, -0.1) is 0 Å². The van der Waals surface area contributed by atoms with Crippen molar-refractivity contribution in [3.63, 3.8) is 0 Å². The van der Waals surface area contributed by atoms with Crippen LogP contribution in [-0.2, 0) is 13.6 Å². The van der Waals surface area contributed by atoms with Crippen LogP contribution in [0.3, 0.4) is 0 Å². The molecule has 1 aromatic rings. The third-order valence-electron chi connectivity index (χ3n) is 4.18. The fourth-order valence-corrected chi connectivity index (χ4v) is 2.95. The van der Waals surface area contributed by atoms with Crippen molar-refractivity contribution in [1.82, 2.24) is 15.1 Å². The van der Waals surface area contributed by atoms with E-state index in [9.17, 15) is 0 Å². The molecule has 0 aromatic carbocycles. The fraction of sp³-hybridized carbons (Fsp3) is 0.786. The number of hydrogen-bond donors (Lipinski definition) is 1. The van der Waals surface area contributed by atoms with Crippen LogP contribution in [0.1, 0.15) is 37.4 Å². The van der Waals surface area contributed by atoms with Crippen molar-refractivity contribution < 1.29 is 0 Å². The number of nitrogens with zero attached hydrogens (tertiary/aromatic N) is 3. The standard InChI is InChI=1S/C14H24N4/c1-10-6-7-18(9-10)14-13(8-15-12-4-5-12)11(2)16-17(14)3/h10,12,15H,4-9H2,1-3H3. The summed E-state index contributed by atoms with van der Waals surface area (Å²) in [5.41, 5.74) is 2.58. The molecular formula is C14H24N4. The maximum absolute atomic E-state index is 4.61. The number of rotatable bonds is 4. The zero-order valence-electron chi connectivity index (χ0n) is 11.7. The van der Waals surface area contributed by atoms with Gasteiger partial charge in [0.1, 0.15) is 5.82 Å². The van der Waals surface area contributed by atoms with Crippen LogP contribution < -0.4 is 10.2 Å². The van der Waals surface area contributed by atoms with Crippen LogP contribution >= 0.6 is 0 Å². The second-order valence-electron chi connectivity index (χ2n) is 6.01. The summed E-state index contributed by atoms with van der Waals surface area (Å²) in [5, 5.41) is 8.24. The molecule has 1 unspecified atom stereocenters. The Morgan fingerprint density at radius 3 is 2.72 bits per heavy atom. The zero-order valence-corrected chi connectivity index (χ0v) is 11.7. The lowest BCUT2D eigenvalue weighted by Crippen LogP contribution is -2.25. The van der Waals surface area contributed by atoms with Gasteiger partial charge in [-0.05, 0) is 32.1 Å². The zero-order chi connectivity index (χ0) is 12.7. The molecule has 1 atom stereocenters. The molecule has 100 valence electrons. The van der Waals surface area contributed by atoms with E-state index in [2.05, 4.69) is 40.9 Å². The molecule has 1 aliphatic heterocycles. The van der Waals surface area contributed by atoms with E-state index in [-0.39, 0.29) is 0 Å². The smallest absolute Gasteiger partial charge is 0.131 e. The first-order chi connectivity index (χ1) is 8.65. The van der Waals surface area contributed by atoms with E-state index in [0.717, 1.165) is 18.5 Å². The Bertz CT molecular complexity index is 433. The van der Waals surface area contributed by atoms with Gasteiger partial charge in [-0.1, -0.05) is 6.92 Å². The van der Waals surface area contributed by atoms with Crippen molar-refractivity contribution in [1.29, 1.82) is 0 Å². The number of nitrogens with one attached hydrogen (secondary N) is 1. The molecule has 4 nitrogen and oxygen atoms in total. The molecule has 1 saturated carbocycles. The second-order valence-corrected chi connectivity index (χ2v) is 6.01. The molecule has 1 saturated heterocycles. The lowest BCUT2D eigenvalue weighted by atomic mass is 10.2. The summed E-state index contributed by atoms with van der Waals surface area (Å²) >= 11 is 0. The average Bonchev–Trinajstić information content (AvgIpc) is 2.98. The van der Waals surface area contributed by atoms with E-state index in [1.165, 1.54) is 49.4 Å². The van der Waals surface area contributed by atoms with Crippen molar-refractivity contribution in [2.45, 2.75) is 45.7 Å². The van der Waals surface area contributed by atoms with Crippen molar-refractivity contribution in [3.8, 4) is 0 Å². The molecule has 2 heterocycles. The Morgan fingerprint density at radius 1 is 1.33 bits per heavy atom. The predicted molar refractivity (Wildman–Crippen MR) is 73.8 cm³/mol. The van der Waals surface area contributed by atoms with Crippen LogP contribution in [0.2, 0.25) is 0 Å². The Kier molecular flexibility index (Phi) is 3.06. The third-order valence-corrected chi connectivity index (χ3v) is 4.18. The van der Waals surface area contributed by atoms with Crippen molar-refractivity contribution in [3.05, 3.63) is 11.3 Å². The molecule has 1 aromatic heterocycles. The summed E-state index contributed by atoms with van der Waals surface area (Å²) in [6, 6.07) is 0.759. The Balaban J connectivity index is 1.81. The molecule has 3 rings (SSSR count). The lowest BCUT2D eigenvalue weighted by molar-refractivity contribution is 0.652. The van der Waals surface area contributed by atoms with Crippen LogP contribution in [0.25, 0.3) is 0 Å². The summed E-state index contributed by atoms with van der Waals surface area (Å²) in [6.07, 6.45) is 3.99. The molecule has 0 spiro atoms. The summed E-state index contributed by atoms with van der Waals surface area (Å²) < 4.78 is 2.07. The Labute approximate surface area is 109 Å². The van der Waals surface area contributed by atoms with E-state index in [1.807, 2.05) is 0 Å². The molecule has 0 amide bonds. The molecule has 1 N–H and O–H groups in total. The monoisotopic (exact) mass is 248 g/mol. The SMILES string of the molecule is Cc1nn(C)c(N2CCC(C)C2)c1CNC1CC1. The fourth-order valence-electron chi connectivity index (χ4n) is 2.95. The van der Waals surface area contributed by atoms with Gasteiger partial charge < -0.3 is 10.2 Å². The molecule has 0 radical (unpaired) electrons. The molecule has 4 heteroatoms. The molecule has 1 aliphatic carbocycles. The van der Waals surface area contributed by atoms with Gasteiger partial charge in [0.05, 0.1) is 5.69 Å². The highest BCUT2D eigenvalue weighted by atomic mass is 15.4. The average molecular weight is 248 g/mol. The first kappa shape index (κ1) is 12.0. The first-order valence-electron chi connectivity index (χ1n) is 7.16. The maximum Gasteiger partial charge on any atom is 0.131 e.